The first-order chi connectivity index (χ1) is 12.7. The number of carbonyl (C=O) groups is 1. The summed E-state index contributed by atoms with van der Waals surface area (Å²) >= 11 is 0. The summed E-state index contributed by atoms with van der Waals surface area (Å²) in [6, 6.07) is 11.7. The van der Waals surface area contributed by atoms with E-state index in [1.54, 1.807) is 6.20 Å². The molecule has 0 aliphatic carbocycles. The maximum absolute atomic E-state index is 12.5. The molecule has 0 spiro atoms. The summed E-state index contributed by atoms with van der Waals surface area (Å²) in [5.74, 6) is 1.75. The van der Waals surface area contributed by atoms with Crippen LogP contribution in [0.2, 0.25) is 0 Å². The van der Waals surface area contributed by atoms with Crippen molar-refractivity contribution in [2.45, 2.75) is 33.7 Å². The van der Waals surface area contributed by atoms with Crippen LogP contribution in [0.1, 0.15) is 26.6 Å². The van der Waals surface area contributed by atoms with Gasteiger partial charge in [0.15, 0.2) is 0 Å². The maximum atomic E-state index is 12.5. The molecule has 6 nitrogen and oxygen atoms in total. The molecule has 0 aliphatic heterocycles. The fourth-order valence-electron chi connectivity index (χ4n) is 3.11. The number of imidazole rings is 1. The average molecular weight is 351 g/mol. The zero-order valence-electron chi connectivity index (χ0n) is 15.6. The van der Waals surface area contributed by atoms with Gasteiger partial charge in [-0.3, -0.25) is 4.79 Å². The predicted octanol–water partition coefficient (Wildman–Crippen LogP) is 3.48. The first-order valence-corrected chi connectivity index (χ1v) is 9.11. The highest BCUT2D eigenvalue weighted by Gasteiger charge is 2.13. The molecule has 2 aromatic heterocycles. The van der Waals surface area contributed by atoms with Crippen LogP contribution in [0.3, 0.4) is 0 Å². The van der Waals surface area contributed by atoms with E-state index in [1.165, 1.54) is 0 Å². The molecule has 136 valence electrons. The van der Waals surface area contributed by atoms with Gasteiger partial charge in [-0.25, -0.2) is 9.97 Å². The zero-order chi connectivity index (χ0) is 18.5. The van der Waals surface area contributed by atoms with E-state index in [0.29, 0.717) is 5.69 Å². The Morgan fingerprint density at radius 2 is 1.88 bits per heavy atom. The molecule has 2 heterocycles. The Labute approximate surface area is 153 Å². The van der Waals surface area contributed by atoms with Gasteiger partial charge in [0, 0.05) is 19.5 Å². The first-order valence-electron chi connectivity index (χ1n) is 9.11. The minimum atomic E-state index is -0.0831. The fraction of sp³-hybridized carbons (Fsp3) is 0.350. The Balaban J connectivity index is 1.73. The summed E-state index contributed by atoms with van der Waals surface area (Å²) in [5.41, 5.74) is 2.60. The number of benzene rings is 1. The van der Waals surface area contributed by atoms with Crippen molar-refractivity contribution in [3.63, 3.8) is 0 Å². The second-order valence-corrected chi connectivity index (χ2v) is 6.08. The second kappa shape index (κ2) is 7.99. The molecule has 0 aliphatic rings. The van der Waals surface area contributed by atoms with Crippen molar-refractivity contribution in [2.75, 3.05) is 23.3 Å². The van der Waals surface area contributed by atoms with Crippen molar-refractivity contribution in [3.8, 4) is 0 Å². The monoisotopic (exact) mass is 351 g/mol. The van der Waals surface area contributed by atoms with Gasteiger partial charge < -0.3 is 14.8 Å². The number of aryl methyl sites for hydroxylation is 1. The van der Waals surface area contributed by atoms with E-state index in [9.17, 15) is 4.79 Å². The van der Waals surface area contributed by atoms with Crippen LogP contribution in [0, 0.1) is 0 Å². The first kappa shape index (κ1) is 17.9. The number of para-hydroxylation sites is 2. The van der Waals surface area contributed by atoms with Crippen LogP contribution in [0.4, 0.5) is 11.5 Å². The highest BCUT2D eigenvalue weighted by molar-refractivity contribution is 5.91. The third kappa shape index (κ3) is 3.69. The highest BCUT2D eigenvalue weighted by Crippen LogP contribution is 2.17. The molecule has 0 fully saturated rings. The van der Waals surface area contributed by atoms with Gasteiger partial charge in [-0.1, -0.05) is 19.1 Å². The smallest absolute Gasteiger partial charge is 0.244 e. The topological polar surface area (TPSA) is 63.1 Å². The van der Waals surface area contributed by atoms with Crippen LogP contribution >= 0.6 is 0 Å². The van der Waals surface area contributed by atoms with Gasteiger partial charge in [-0.05, 0) is 38.1 Å². The molecule has 0 saturated carbocycles. The summed E-state index contributed by atoms with van der Waals surface area (Å²) in [5, 5.41) is 2.93. The lowest BCUT2D eigenvalue weighted by Crippen LogP contribution is -2.23. The molecule has 1 amide bonds. The molecule has 0 saturated heterocycles. The van der Waals surface area contributed by atoms with Gasteiger partial charge in [0.2, 0.25) is 5.91 Å². The van der Waals surface area contributed by atoms with Crippen molar-refractivity contribution in [1.82, 2.24) is 14.5 Å². The van der Waals surface area contributed by atoms with Crippen LogP contribution in [0.15, 0.2) is 42.6 Å². The number of rotatable bonds is 7. The molecule has 26 heavy (non-hydrogen) atoms. The average Bonchev–Trinajstić information content (AvgIpc) is 3.02. The lowest BCUT2D eigenvalue weighted by atomic mass is 10.3. The lowest BCUT2D eigenvalue weighted by Gasteiger charge is -2.19. The Kier molecular flexibility index (Phi) is 5.51. The fourth-order valence-corrected chi connectivity index (χ4v) is 3.11. The molecule has 0 radical (unpaired) electrons. The summed E-state index contributed by atoms with van der Waals surface area (Å²) < 4.78 is 1.97. The molecule has 6 heteroatoms. The third-order valence-electron chi connectivity index (χ3n) is 4.47. The Hall–Kier alpha value is -2.89. The lowest BCUT2D eigenvalue weighted by molar-refractivity contribution is -0.116. The number of nitrogens with one attached hydrogen (secondary N) is 1. The van der Waals surface area contributed by atoms with E-state index in [4.69, 9.17) is 0 Å². The van der Waals surface area contributed by atoms with Crippen LogP contribution in [0.5, 0.6) is 0 Å². The van der Waals surface area contributed by atoms with Crippen molar-refractivity contribution in [2.24, 2.45) is 0 Å². The second-order valence-electron chi connectivity index (χ2n) is 6.08. The van der Waals surface area contributed by atoms with E-state index in [0.717, 1.165) is 42.2 Å². The summed E-state index contributed by atoms with van der Waals surface area (Å²) in [6.45, 7) is 8.29. The Morgan fingerprint density at radius 1 is 1.12 bits per heavy atom. The van der Waals surface area contributed by atoms with E-state index < -0.39 is 0 Å². The molecule has 3 aromatic rings. The van der Waals surface area contributed by atoms with Crippen molar-refractivity contribution in [3.05, 3.63) is 48.4 Å². The largest absolute Gasteiger partial charge is 0.357 e. The van der Waals surface area contributed by atoms with Crippen molar-refractivity contribution >= 4 is 28.4 Å². The van der Waals surface area contributed by atoms with E-state index >= 15 is 0 Å². The molecule has 1 N–H and O–H groups in total. The van der Waals surface area contributed by atoms with Crippen LogP contribution in [-0.2, 0) is 17.8 Å². The summed E-state index contributed by atoms with van der Waals surface area (Å²) in [7, 11) is 0. The Bertz CT molecular complexity index is 881. The normalized spacial score (nSPS) is 10.9. The predicted molar refractivity (Wildman–Crippen MR) is 106 cm³/mol. The number of carbonyl (C=O) groups excluding carboxylic acids is 1. The Morgan fingerprint density at radius 3 is 2.54 bits per heavy atom. The molecule has 1 aromatic carbocycles. The number of pyridine rings is 1. The van der Waals surface area contributed by atoms with E-state index in [-0.39, 0.29) is 12.5 Å². The van der Waals surface area contributed by atoms with Crippen LogP contribution in [0.25, 0.3) is 11.0 Å². The highest BCUT2D eigenvalue weighted by atomic mass is 16.1. The van der Waals surface area contributed by atoms with Gasteiger partial charge in [-0.2, -0.15) is 0 Å². The summed E-state index contributed by atoms with van der Waals surface area (Å²) in [4.78, 5) is 23.7. The van der Waals surface area contributed by atoms with E-state index in [1.807, 2.05) is 47.9 Å². The molecule has 0 bridgehead atoms. The third-order valence-corrected chi connectivity index (χ3v) is 4.47. The van der Waals surface area contributed by atoms with Crippen molar-refractivity contribution in [1.29, 1.82) is 0 Å². The minimum Gasteiger partial charge on any atom is -0.357 e. The number of aromatic nitrogens is 3. The quantitative estimate of drug-likeness (QED) is 0.708. The standard InChI is InChI=1S/C20H25N5O/c1-4-18-23-16-9-7-8-10-17(16)25(18)14-20(26)22-15-11-12-19(21-13-15)24(5-2)6-3/h7-13H,4-6,14H2,1-3H3,(H,22,26). The summed E-state index contributed by atoms with van der Waals surface area (Å²) in [6.07, 6.45) is 2.49. The number of hydrogen-bond acceptors (Lipinski definition) is 4. The molecule has 3 rings (SSSR count). The van der Waals surface area contributed by atoms with Gasteiger partial charge >= 0.3 is 0 Å². The van der Waals surface area contributed by atoms with Crippen molar-refractivity contribution < 1.29 is 4.79 Å². The van der Waals surface area contributed by atoms with Crippen LogP contribution < -0.4 is 10.2 Å². The zero-order valence-corrected chi connectivity index (χ0v) is 15.6. The van der Waals surface area contributed by atoms with Gasteiger partial charge in [0.05, 0.1) is 22.9 Å². The minimum absolute atomic E-state index is 0.0831. The number of hydrogen-bond donors (Lipinski definition) is 1. The van der Waals surface area contributed by atoms with Gasteiger partial charge in [0.1, 0.15) is 18.2 Å². The van der Waals surface area contributed by atoms with Crippen LogP contribution in [-0.4, -0.2) is 33.5 Å². The van der Waals surface area contributed by atoms with Gasteiger partial charge in [0.25, 0.3) is 0 Å². The number of fused-ring (bicyclic) bond motifs is 1. The maximum Gasteiger partial charge on any atom is 0.244 e. The SMILES string of the molecule is CCc1nc2ccccc2n1CC(=O)Nc1ccc(N(CC)CC)nc1. The van der Waals surface area contributed by atoms with E-state index in [2.05, 4.69) is 34.0 Å². The molecular formula is C20H25N5O. The number of anilines is 2. The van der Waals surface area contributed by atoms with Gasteiger partial charge in [-0.15, -0.1) is 0 Å². The molecular weight excluding hydrogens is 326 g/mol. The number of amides is 1. The molecule has 0 unspecified atom stereocenters. The number of nitrogens with zero attached hydrogens (tertiary/aromatic N) is 4. The molecule has 0 atom stereocenters.